The number of carbonyl (C=O) groups is 1. The Kier molecular flexibility index (Phi) is 5.27. The maximum absolute atomic E-state index is 12.4. The molecular formula is C15H14BrNO5S. The fraction of sp³-hybridized carbons (Fsp3) is 0.133. The number of esters is 1. The van der Waals surface area contributed by atoms with Gasteiger partial charge in [0.15, 0.2) is 0 Å². The Hall–Kier alpha value is -2.06. The third kappa shape index (κ3) is 4.02. The zero-order valence-corrected chi connectivity index (χ0v) is 14.8. The molecule has 0 aliphatic rings. The van der Waals surface area contributed by atoms with Gasteiger partial charge in [0, 0.05) is 5.69 Å². The lowest BCUT2D eigenvalue weighted by atomic mass is 10.2. The van der Waals surface area contributed by atoms with E-state index in [1.54, 1.807) is 18.2 Å². The number of sulfonamides is 1. The first kappa shape index (κ1) is 17.3. The monoisotopic (exact) mass is 399 g/mol. The second kappa shape index (κ2) is 7.01. The van der Waals surface area contributed by atoms with Crippen LogP contribution in [0.1, 0.15) is 10.4 Å². The van der Waals surface area contributed by atoms with Crippen molar-refractivity contribution in [2.24, 2.45) is 0 Å². The first-order chi connectivity index (χ1) is 10.9. The number of benzene rings is 2. The summed E-state index contributed by atoms with van der Waals surface area (Å²) in [5.74, 6) is -0.0186. The zero-order chi connectivity index (χ0) is 17.0. The molecule has 0 unspecified atom stereocenters. The van der Waals surface area contributed by atoms with Gasteiger partial charge in [-0.15, -0.1) is 0 Å². The third-order valence-corrected chi connectivity index (χ3v) is 4.97. The lowest BCUT2D eigenvalue weighted by Gasteiger charge is -2.10. The number of methoxy groups -OCH3 is 2. The van der Waals surface area contributed by atoms with Crippen LogP contribution < -0.4 is 9.46 Å². The quantitative estimate of drug-likeness (QED) is 0.781. The summed E-state index contributed by atoms with van der Waals surface area (Å²) in [7, 11) is -1.05. The van der Waals surface area contributed by atoms with Crippen LogP contribution in [-0.4, -0.2) is 28.6 Å². The predicted octanol–water partition coefficient (Wildman–Crippen LogP) is 3.05. The standard InChI is InChI=1S/C15H14BrNO5S/c1-21-14-7-6-12(9-13(14)16)23(19,20)17-11-5-3-4-10(8-11)15(18)22-2/h3-9,17H,1-2H3. The normalized spacial score (nSPS) is 10.9. The molecule has 2 aromatic carbocycles. The molecule has 0 fully saturated rings. The van der Waals surface area contributed by atoms with Gasteiger partial charge in [0.05, 0.1) is 29.2 Å². The summed E-state index contributed by atoms with van der Waals surface area (Å²) in [6.07, 6.45) is 0. The van der Waals surface area contributed by atoms with Crippen molar-refractivity contribution in [2.45, 2.75) is 4.90 Å². The summed E-state index contributed by atoms with van der Waals surface area (Å²) in [5, 5.41) is 0. The molecule has 0 radical (unpaired) electrons. The Morgan fingerprint density at radius 3 is 2.48 bits per heavy atom. The Labute approximate surface area is 142 Å². The van der Waals surface area contributed by atoms with Gasteiger partial charge in [-0.05, 0) is 52.3 Å². The van der Waals surface area contributed by atoms with Crippen LogP contribution in [0.5, 0.6) is 5.75 Å². The van der Waals surface area contributed by atoms with Crippen molar-refractivity contribution in [1.82, 2.24) is 0 Å². The minimum absolute atomic E-state index is 0.0636. The van der Waals surface area contributed by atoms with E-state index < -0.39 is 16.0 Å². The molecular weight excluding hydrogens is 386 g/mol. The highest BCUT2D eigenvalue weighted by atomic mass is 79.9. The summed E-state index contributed by atoms with van der Waals surface area (Å²) >= 11 is 3.25. The predicted molar refractivity (Wildman–Crippen MR) is 89.3 cm³/mol. The molecule has 0 heterocycles. The Morgan fingerprint density at radius 1 is 1.13 bits per heavy atom. The van der Waals surface area contributed by atoms with Gasteiger partial charge in [-0.25, -0.2) is 13.2 Å². The third-order valence-electron chi connectivity index (χ3n) is 2.97. The van der Waals surface area contributed by atoms with E-state index in [1.165, 1.54) is 38.5 Å². The van der Waals surface area contributed by atoms with E-state index in [9.17, 15) is 13.2 Å². The van der Waals surface area contributed by atoms with Crippen molar-refractivity contribution in [3.8, 4) is 5.75 Å². The summed E-state index contributed by atoms with van der Waals surface area (Å²) < 4.78 is 37.5. The highest BCUT2D eigenvalue weighted by molar-refractivity contribution is 9.10. The average molecular weight is 400 g/mol. The Balaban J connectivity index is 2.31. The van der Waals surface area contributed by atoms with E-state index >= 15 is 0 Å². The zero-order valence-electron chi connectivity index (χ0n) is 12.4. The van der Waals surface area contributed by atoms with Crippen molar-refractivity contribution in [3.05, 3.63) is 52.5 Å². The summed E-state index contributed by atoms with van der Waals surface area (Å²) in [6, 6.07) is 10.5. The number of nitrogens with one attached hydrogen (secondary N) is 1. The first-order valence-electron chi connectivity index (χ1n) is 6.42. The van der Waals surface area contributed by atoms with Gasteiger partial charge in [0.1, 0.15) is 5.75 Å². The lowest BCUT2D eigenvalue weighted by molar-refractivity contribution is 0.0601. The molecule has 0 aliphatic carbocycles. The molecule has 0 amide bonds. The molecule has 0 saturated carbocycles. The average Bonchev–Trinajstić information content (AvgIpc) is 2.53. The van der Waals surface area contributed by atoms with E-state index in [-0.39, 0.29) is 16.1 Å². The highest BCUT2D eigenvalue weighted by Gasteiger charge is 2.17. The van der Waals surface area contributed by atoms with Crippen molar-refractivity contribution in [2.75, 3.05) is 18.9 Å². The van der Waals surface area contributed by atoms with Crippen molar-refractivity contribution < 1.29 is 22.7 Å². The van der Waals surface area contributed by atoms with E-state index in [2.05, 4.69) is 25.4 Å². The first-order valence-corrected chi connectivity index (χ1v) is 8.69. The Bertz CT molecular complexity index is 836. The number of rotatable bonds is 5. The molecule has 0 aliphatic heterocycles. The van der Waals surface area contributed by atoms with Crippen LogP contribution in [-0.2, 0) is 14.8 Å². The van der Waals surface area contributed by atoms with E-state index in [0.29, 0.717) is 10.2 Å². The number of ether oxygens (including phenoxy) is 2. The molecule has 2 rings (SSSR count). The lowest BCUT2D eigenvalue weighted by Crippen LogP contribution is -2.13. The van der Waals surface area contributed by atoms with E-state index in [0.717, 1.165) is 0 Å². The molecule has 0 spiro atoms. The van der Waals surface area contributed by atoms with Gasteiger partial charge in [-0.3, -0.25) is 4.72 Å². The van der Waals surface area contributed by atoms with Crippen LogP contribution >= 0.6 is 15.9 Å². The van der Waals surface area contributed by atoms with Gasteiger partial charge in [0.25, 0.3) is 10.0 Å². The maximum atomic E-state index is 12.4. The molecule has 0 saturated heterocycles. The van der Waals surface area contributed by atoms with E-state index in [1.807, 2.05) is 0 Å². The van der Waals surface area contributed by atoms with Crippen LogP contribution in [0, 0.1) is 0 Å². The summed E-state index contributed by atoms with van der Waals surface area (Å²) in [4.78, 5) is 11.6. The summed E-state index contributed by atoms with van der Waals surface area (Å²) in [5.41, 5.74) is 0.517. The Morgan fingerprint density at radius 2 is 1.87 bits per heavy atom. The minimum Gasteiger partial charge on any atom is -0.496 e. The number of anilines is 1. The largest absolute Gasteiger partial charge is 0.496 e. The fourth-order valence-corrected chi connectivity index (χ4v) is 3.62. The van der Waals surface area contributed by atoms with Gasteiger partial charge >= 0.3 is 5.97 Å². The molecule has 6 nitrogen and oxygen atoms in total. The molecule has 0 atom stereocenters. The van der Waals surface area contributed by atoms with Gasteiger partial charge in [-0.2, -0.15) is 0 Å². The molecule has 1 N–H and O–H groups in total. The van der Waals surface area contributed by atoms with Gasteiger partial charge in [-0.1, -0.05) is 6.07 Å². The fourth-order valence-electron chi connectivity index (χ4n) is 1.86. The van der Waals surface area contributed by atoms with Crippen molar-refractivity contribution >= 4 is 37.6 Å². The topological polar surface area (TPSA) is 81.7 Å². The van der Waals surface area contributed by atoms with Crippen LogP contribution in [0.3, 0.4) is 0 Å². The molecule has 8 heteroatoms. The number of hydrogen-bond donors (Lipinski definition) is 1. The maximum Gasteiger partial charge on any atom is 0.337 e. The minimum atomic E-state index is -3.80. The second-order valence-corrected chi connectivity index (χ2v) is 7.01. The number of hydrogen-bond acceptors (Lipinski definition) is 5. The van der Waals surface area contributed by atoms with Crippen LogP contribution in [0.25, 0.3) is 0 Å². The van der Waals surface area contributed by atoms with Crippen LogP contribution in [0.2, 0.25) is 0 Å². The number of carbonyl (C=O) groups excluding carboxylic acids is 1. The molecule has 23 heavy (non-hydrogen) atoms. The molecule has 0 aromatic heterocycles. The second-order valence-electron chi connectivity index (χ2n) is 4.47. The van der Waals surface area contributed by atoms with E-state index in [4.69, 9.17) is 4.74 Å². The van der Waals surface area contributed by atoms with Crippen molar-refractivity contribution in [3.63, 3.8) is 0 Å². The van der Waals surface area contributed by atoms with Crippen LogP contribution in [0.15, 0.2) is 51.8 Å². The van der Waals surface area contributed by atoms with Crippen molar-refractivity contribution in [1.29, 1.82) is 0 Å². The molecule has 122 valence electrons. The van der Waals surface area contributed by atoms with Gasteiger partial charge < -0.3 is 9.47 Å². The highest BCUT2D eigenvalue weighted by Crippen LogP contribution is 2.28. The smallest absolute Gasteiger partial charge is 0.337 e. The molecule has 2 aromatic rings. The SMILES string of the molecule is COC(=O)c1cccc(NS(=O)(=O)c2ccc(OC)c(Br)c2)c1. The number of halogens is 1. The summed E-state index contributed by atoms with van der Waals surface area (Å²) in [6.45, 7) is 0. The van der Waals surface area contributed by atoms with Crippen LogP contribution in [0.4, 0.5) is 5.69 Å². The van der Waals surface area contributed by atoms with Gasteiger partial charge in [0.2, 0.25) is 0 Å². The molecule has 0 bridgehead atoms.